The molecule has 2 fully saturated rings. The SMILES string of the molecule is CCc1ncnc(N2CC3OCCN(Cc4ccccc4)C3C2)c1F. The van der Waals surface area contributed by atoms with Gasteiger partial charge >= 0.3 is 0 Å². The highest BCUT2D eigenvalue weighted by Gasteiger charge is 2.41. The number of halogens is 1. The normalized spacial score (nSPS) is 23.7. The summed E-state index contributed by atoms with van der Waals surface area (Å²) in [5.74, 6) is 0.114. The molecule has 0 spiro atoms. The zero-order chi connectivity index (χ0) is 17.2. The molecule has 0 amide bonds. The molecule has 0 radical (unpaired) electrons. The van der Waals surface area contributed by atoms with E-state index >= 15 is 0 Å². The summed E-state index contributed by atoms with van der Waals surface area (Å²) < 4.78 is 20.6. The van der Waals surface area contributed by atoms with Crippen molar-refractivity contribution in [3.05, 3.63) is 53.7 Å². The smallest absolute Gasteiger partial charge is 0.187 e. The van der Waals surface area contributed by atoms with Gasteiger partial charge < -0.3 is 9.64 Å². The molecule has 0 N–H and O–H groups in total. The summed E-state index contributed by atoms with van der Waals surface area (Å²) in [7, 11) is 0. The number of aryl methyl sites for hydroxylation is 1. The number of hydrogen-bond acceptors (Lipinski definition) is 5. The van der Waals surface area contributed by atoms with Gasteiger partial charge in [0.15, 0.2) is 11.6 Å². The van der Waals surface area contributed by atoms with Crippen molar-refractivity contribution < 1.29 is 9.13 Å². The third-order valence-electron chi connectivity index (χ3n) is 5.12. The standard InChI is InChI=1S/C19H23FN4O/c1-2-15-18(20)19(22-13-21-15)24-11-16-17(12-24)25-9-8-23(16)10-14-6-4-3-5-7-14/h3-7,13,16-17H,2,8-12H2,1H3. The van der Waals surface area contributed by atoms with E-state index in [1.807, 2.05) is 17.9 Å². The van der Waals surface area contributed by atoms with Gasteiger partial charge in [0.2, 0.25) is 0 Å². The van der Waals surface area contributed by atoms with E-state index < -0.39 is 0 Å². The lowest BCUT2D eigenvalue weighted by atomic mass is 10.1. The second kappa shape index (κ2) is 7.06. The number of rotatable bonds is 4. The lowest BCUT2D eigenvalue weighted by Crippen LogP contribution is -2.50. The van der Waals surface area contributed by atoms with E-state index in [9.17, 15) is 4.39 Å². The monoisotopic (exact) mass is 342 g/mol. The first-order valence-electron chi connectivity index (χ1n) is 8.90. The highest BCUT2D eigenvalue weighted by atomic mass is 19.1. The number of hydrogen-bond donors (Lipinski definition) is 0. The van der Waals surface area contributed by atoms with Crippen LogP contribution in [0.15, 0.2) is 36.7 Å². The van der Waals surface area contributed by atoms with E-state index in [1.165, 1.54) is 11.9 Å². The maximum atomic E-state index is 14.6. The molecule has 25 heavy (non-hydrogen) atoms. The fraction of sp³-hybridized carbons (Fsp3) is 0.474. The highest BCUT2D eigenvalue weighted by Crippen LogP contribution is 2.29. The fourth-order valence-corrected chi connectivity index (χ4v) is 3.81. The summed E-state index contributed by atoms with van der Waals surface area (Å²) in [4.78, 5) is 12.7. The number of nitrogens with zero attached hydrogens (tertiary/aromatic N) is 4. The lowest BCUT2D eigenvalue weighted by Gasteiger charge is -2.36. The van der Waals surface area contributed by atoms with Crippen molar-refractivity contribution >= 4 is 5.82 Å². The van der Waals surface area contributed by atoms with Crippen LogP contribution in [0.1, 0.15) is 18.2 Å². The average Bonchev–Trinajstić information content (AvgIpc) is 3.08. The summed E-state index contributed by atoms with van der Waals surface area (Å²) in [5.41, 5.74) is 1.77. The minimum atomic E-state index is -0.293. The van der Waals surface area contributed by atoms with Crippen molar-refractivity contribution in [2.75, 3.05) is 31.1 Å². The van der Waals surface area contributed by atoms with Gasteiger partial charge in [-0.15, -0.1) is 0 Å². The van der Waals surface area contributed by atoms with Gasteiger partial charge in [-0.3, -0.25) is 4.90 Å². The van der Waals surface area contributed by atoms with E-state index in [-0.39, 0.29) is 18.0 Å². The van der Waals surface area contributed by atoms with Crippen LogP contribution in [0.2, 0.25) is 0 Å². The molecule has 2 atom stereocenters. The molecule has 3 heterocycles. The van der Waals surface area contributed by atoms with E-state index in [2.05, 4.69) is 39.1 Å². The quantitative estimate of drug-likeness (QED) is 0.853. The Morgan fingerprint density at radius 1 is 1.20 bits per heavy atom. The molecule has 2 saturated heterocycles. The largest absolute Gasteiger partial charge is 0.373 e. The lowest BCUT2D eigenvalue weighted by molar-refractivity contribution is -0.0499. The van der Waals surface area contributed by atoms with Crippen LogP contribution in [0.3, 0.4) is 0 Å². The maximum absolute atomic E-state index is 14.6. The zero-order valence-corrected chi connectivity index (χ0v) is 14.4. The van der Waals surface area contributed by atoms with E-state index in [0.29, 0.717) is 31.1 Å². The van der Waals surface area contributed by atoms with Crippen LogP contribution in [0.25, 0.3) is 0 Å². The van der Waals surface area contributed by atoms with Crippen molar-refractivity contribution in [2.24, 2.45) is 0 Å². The molecule has 1 aromatic heterocycles. The Labute approximate surface area is 147 Å². The van der Waals surface area contributed by atoms with Crippen molar-refractivity contribution in [3.63, 3.8) is 0 Å². The van der Waals surface area contributed by atoms with Gasteiger partial charge in [-0.2, -0.15) is 0 Å². The second-order valence-corrected chi connectivity index (χ2v) is 6.65. The Bertz CT molecular complexity index is 727. The first-order chi connectivity index (χ1) is 12.3. The third kappa shape index (κ3) is 3.24. The van der Waals surface area contributed by atoms with Crippen molar-refractivity contribution in [2.45, 2.75) is 32.0 Å². The first-order valence-corrected chi connectivity index (χ1v) is 8.90. The number of morpholine rings is 1. The molecule has 2 aliphatic rings. The molecule has 2 aliphatic heterocycles. The number of fused-ring (bicyclic) bond motifs is 1. The Balaban J connectivity index is 1.53. The Morgan fingerprint density at radius 2 is 2.04 bits per heavy atom. The van der Waals surface area contributed by atoms with Gasteiger partial charge in [-0.25, -0.2) is 14.4 Å². The van der Waals surface area contributed by atoms with Crippen LogP contribution < -0.4 is 4.90 Å². The molecule has 0 saturated carbocycles. The van der Waals surface area contributed by atoms with Gasteiger partial charge in [0.1, 0.15) is 6.33 Å². The van der Waals surface area contributed by atoms with Crippen LogP contribution in [0, 0.1) is 5.82 Å². The average molecular weight is 342 g/mol. The number of benzene rings is 1. The Morgan fingerprint density at radius 3 is 2.84 bits per heavy atom. The minimum Gasteiger partial charge on any atom is -0.373 e. The summed E-state index contributed by atoms with van der Waals surface area (Å²) in [6.07, 6.45) is 2.12. The molecular weight excluding hydrogens is 319 g/mol. The van der Waals surface area contributed by atoms with Crippen molar-refractivity contribution in [1.29, 1.82) is 0 Å². The van der Waals surface area contributed by atoms with Gasteiger partial charge in [0, 0.05) is 26.2 Å². The van der Waals surface area contributed by atoms with Crippen LogP contribution in [-0.2, 0) is 17.7 Å². The first kappa shape index (κ1) is 16.4. The van der Waals surface area contributed by atoms with Gasteiger partial charge in [0.25, 0.3) is 0 Å². The van der Waals surface area contributed by atoms with Crippen molar-refractivity contribution in [3.8, 4) is 0 Å². The van der Waals surface area contributed by atoms with E-state index in [1.54, 1.807) is 0 Å². The van der Waals surface area contributed by atoms with E-state index in [0.717, 1.165) is 19.6 Å². The second-order valence-electron chi connectivity index (χ2n) is 6.65. The zero-order valence-electron chi connectivity index (χ0n) is 14.4. The van der Waals surface area contributed by atoms with Crippen molar-refractivity contribution in [1.82, 2.24) is 14.9 Å². The maximum Gasteiger partial charge on any atom is 0.187 e. The molecule has 5 nitrogen and oxygen atoms in total. The van der Waals surface area contributed by atoms with E-state index in [4.69, 9.17) is 4.74 Å². The molecule has 132 valence electrons. The summed E-state index contributed by atoms with van der Waals surface area (Å²) in [6, 6.07) is 10.7. The Kier molecular flexibility index (Phi) is 4.63. The molecule has 0 bridgehead atoms. The predicted molar refractivity (Wildman–Crippen MR) is 94.0 cm³/mol. The van der Waals surface area contributed by atoms with Crippen LogP contribution in [-0.4, -0.2) is 53.3 Å². The number of ether oxygens (including phenoxy) is 1. The molecule has 2 unspecified atom stereocenters. The molecule has 0 aliphatic carbocycles. The minimum absolute atomic E-state index is 0.0944. The van der Waals surface area contributed by atoms with Gasteiger partial charge in [-0.05, 0) is 12.0 Å². The topological polar surface area (TPSA) is 41.5 Å². The van der Waals surface area contributed by atoms with Crippen LogP contribution >= 0.6 is 0 Å². The molecular formula is C19H23FN4O. The van der Waals surface area contributed by atoms with Gasteiger partial charge in [-0.1, -0.05) is 37.3 Å². The summed E-state index contributed by atoms with van der Waals surface area (Å²) in [5, 5.41) is 0. The molecule has 2 aromatic rings. The molecule has 1 aromatic carbocycles. The number of aromatic nitrogens is 2. The predicted octanol–water partition coefficient (Wildman–Crippen LogP) is 2.27. The third-order valence-corrected chi connectivity index (χ3v) is 5.12. The Hall–Kier alpha value is -2.05. The fourth-order valence-electron chi connectivity index (χ4n) is 3.81. The number of anilines is 1. The van der Waals surface area contributed by atoms with Crippen LogP contribution in [0.5, 0.6) is 0 Å². The summed E-state index contributed by atoms with van der Waals surface area (Å²) in [6.45, 7) is 5.82. The van der Waals surface area contributed by atoms with Gasteiger partial charge in [0.05, 0.1) is 24.4 Å². The van der Waals surface area contributed by atoms with Crippen LogP contribution in [0.4, 0.5) is 10.2 Å². The summed E-state index contributed by atoms with van der Waals surface area (Å²) >= 11 is 0. The molecule has 4 rings (SSSR count). The highest BCUT2D eigenvalue weighted by molar-refractivity contribution is 5.43. The molecule has 6 heteroatoms.